The number of rotatable bonds is 4. The van der Waals surface area contributed by atoms with Crippen LogP contribution in [0.2, 0.25) is 0 Å². The SMILES string of the molecule is O=C(Cc1cccc(F)c1)N[C@H]1CC2(CCN(c3ncccn3)CC2)Oc2ccccc21. The van der Waals surface area contributed by atoms with Crippen molar-refractivity contribution in [3.05, 3.63) is 83.9 Å². The van der Waals surface area contributed by atoms with Crippen molar-refractivity contribution in [1.82, 2.24) is 15.3 Å². The van der Waals surface area contributed by atoms with E-state index in [4.69, 9.17) is 4.74 Å². The van der Waals surface area contributed by atoms with Crippen LogP contribution in [0, 0.1) is 5.82 Å². The van der Waals surface area contributed by atoms with E-state index < -0.39 is 0 Å². The molecule has 1 aromatic heterocycles. The minimum atomic E-state index is -0.351. The Bertz CT molecular complexity index is 1100. The summed E-state index contributed by atoms with van der Waals surface area (Å²) >= 11 is 0. The molecule has 1 spiro atoms. The predicted molar refractivity (Wildman–Crippen MR) is 119 cm³/mol. The smallest absolute Gasteiger partial charge is 0.225 e. The number of anilines is 1. The predicted octanol–water partition coefficient (Wildman–Crippen LogP) is 3.84. The molecule has 5 rings (SSSR count). The van der Waals surface area contributed by atoms with E-state index in [-0.39, 0.29) is 29.8 Å². The molecule has 2 aliphatic heterocycles. The maximum absolute atomic E-state index is 13.5. The Balaban J connectivity index is 1.31. The summed E-state index contributed by atoms with van der Waals surface area (Å²) in [7, 11) is 0. The van der Waals surface area contributed by atoms with Crippen molar-refractivity contribution in [2.75, 3.05) is 18.0 Å². The maximum atomic E-state index is 13.5. The van der Waals surface area contributed by atoms with Gasteiger partial charge in [0, 0.05) is 50.3 Å². The Morgan fingerprint density at radius 1 is 1.09 bits per heavy atom. The number of nitrogens with zero attached hydrogens (tertiary/aromatic N) is 3. The minimum Gasteiger partial charge on any atom is -0.487 e. The van der Waals surface area contributed by atoms with Gasteiger partial charge in [-0.3, -0.25) is 4.79 Å². The molecule has 1 atom stereocenters. The second-order valence-corrected chi connectivity index (χ2v) is 8.49. The number of hydrogen-bond donors (Lipinski definition) is 1. The van der Waals surface area contributed by atoms with Crippen molar-refractivity contribution in [2.45, 2.75) is 37.3 Å². The van der Waals surface area contributed by atoms with E-state index in [0.29, 0.717) is 12.0 Å². The van der Waals surface area contributed by atoms with Crippen LogP contribution < -0.4 is 15.0 Å². The van der Waals surface area contributed by atoms with Gasteiger partial charge in [-0.2, -0.15) is 0 Å². The number of fused-ring (bicyclic) bond motifs is 1. The number of nitrogens with one attached hydrogen (secondary N) is 1. The molecule has 0 saturated carbocycles. The zero-order valence-corrected chi connectivity index (χ0v) is 17.7. The van der Waals surface area contributed by atoms with Crippen LogP contribution in [-0.4, -0.2) is 34.6 Å². The van der Waals surface area contributed by atoms with E-state index in [0.717, 1.165) is 43.2 Å². The van der Waals surface area contributed by atoms with Crippen molar-refractivity contribution in [3.63, 3.8) is 0 Å². The van der Waals surface area contributed by atoms with Crippen molar-refractivity contribution >= 4 is 11.9 Å². The van der Waals surface area contributed by atoms with E-state index in [2.05, 4.69) is 20.2 Å². The minimum absolute atomic E-state index is 0.123. The molecule has 0 aliphatic carbocycles. The first-order chi connectivity index (χ1) is 15.6. The van der Waals surface area contributed by atoms with Gasteiger partial charge in [-0.05, 0) is 29.8 Å². The lowest BCUT2D eigenvalue weighted by Crippen LogP contribution is -2.52. The van der Waals surface area contributed by atoms with Crippen molar-refractivity contribution in [2.24, 2.45) is 0 Å². The Morgan fingerprint density at radius 2 is 1.88 bits per heavy atom. The molecule has 32 heavy (non-hydrogen) atoms. The molecule has 0 radical (unpaired) electrons. The van der Waals surface area contributed by atoms with Gasteiger partial charge in [0.25, 0.3) is 0 Å². The molecular weight excluding hydrogens is 407 g/mol. The summed E-state index contributed by atoms with van der Waals surface area (Å²) in [6.45, 7) is 1.58. The second kappa shape index (κ2) is 8.57. The lowest BCUT2D eigenvalue weighted by atomic mass is 9.80. The van der Waals surface area contributed by atoms with Crippen LogP contribution in [0.4, 0.5) is 10.3 Å². The number of aromatic nitrogens is 2. The van der Waals surface area contributed by atoms with Crippen LogP contribution in [0.3, 0.4) is 0 Å². The summed E-state index contributed by atoms with van der Waals surface area (Å²) < 4.78 is 20.0. The number of carbonyl (C=O) groups is 1. The largest absolute Gasteiger partial charge is 0.487 e. The molecule has 6 nitrogen and oxygen atoms in total. The molecule has 3 heterocycles. The van der Waals surface area contributed by atoms with Gasteiger partial charge in [0.05, 0.1) is 12.5 Å². The molecule has 3 aromatic rings. The van der Waals surface area contributed by atoms with E-state index >= 15 is 0 Å². The monoisotopic (exact) mass is 432 g/mol. The molecule has 2 aromatic carbocycles. The summed E-state index contributed by atoms with van der Waals surface area (Å²) in [5.74, 6) is 1.10. The second-order valence-electron chi connectivity index (χ2n) is 8.49. The number of halogens is 1. The summed E-state index contributed by atoms with van der Waals surface area (Å²) in [4.78, 5) is 23.7. The van der Waals surface area contributed by atoms with Crippen molar-refractivity contribution in [3.8, 4) is 5.75 Å². The highest BCUT2D eigenvalue weighted by molar-refractivity contribution is 5.79. The quantitative estimate of drug-likeness (QED) is 0.679. The molecule has 7 heteroatoms. The Labute approximate surface area is 186 Å². The number of carbonyl (C=O) groups excluding carboxylic acids is 1. The molecule has 0 bridgehead atoms. The lowest BCUT2D eigenvalue weighted by molar-refractivity contribution is -0.121. The van der Waals surface area contributed by atoms with Crippen LogP contribution in [0.5, 0.6) is 5.75 Å². The lowest BCUT2D eigenvalue weighted by Gasteiger charge is -2.47. The standard InChI is InChI=1S/C25H25FN4O2/c26-19-6-3-5-18(15-19)16-23(31)29-21-17-25(32-22-8-2-1-7-20(21)22)9-13-30(14-10-25)24-27-11-4-12-28-24/h1-8,11-12,15,21H,9-10,13-14,16-17H2,(H,29,31)/t21-/m0/s1. The first-order valence-corrected chi connectivity index (χ1v) is 10.9. The Kier molecular flexibility index (Phi) is 5.47. The number of para-hydroxylation sites is 1. The fourth-order valence-electron chi connectivity index (χ4n) is 4.70. The van der Waals surface area contributed by atoms with Gasteiger partial charge < -0.3 is 15.0 Å². The summed E-state index contributed by atoms with van der Waals surface area (Å²) in [5, 5.41) is 3.18. The normalized spacial score (nSPS) is 19.2. The van der Waals surface area contributed by atoms with Crippen LogP contribution in [0.25, 0.3) is 0 Å². The van der Waals surface area contributed by atoms with Crippen molar-refractivity contribution in [1.29, 1.82) is 0 Å². The van der Waals surface area contributed by atoms with Crippen LogP contribution >= 0.6 is 0 Å². The molecule has 1 N–H and O–H groups in total. The highest BCUT2D eigenvalue weighted by atomic mass is 19.1. The molecule has 0 unspecified atom stereocenters. The number of ether oxygens (including phenoxy) is 1. The fourth-order valence-corrected chi connectivity index (χ4v) is 4.70. The third-order valence-electron chi connectivity index (χ3n) is 6.30. The van der Waals surface area contributed by atoms with Gasteiger partial charge in [0.1, 0.15) is 17.2 Å². The van der Waals surface area contributed by atoms with Gasteiger partial charge in [0.15, 0.2) is 0 Å². The van der Waals surface area contributed by atoms with Gasteiger partial charge in [-0.15, -0.1) is 0 Å². The molecule has 2 aliphatic rings. The first-order valence-electron chi connectivity index (χ1n) is 10.9. The molecule has 164 valence electrons. The van der Waals surface area contributed by atoms with Crippen LogP contribution in [-0.2, 0) is 11.2 Å². The summed E-state index contributed by atoms with van der Waals surface area (Å²) in [6, 6.07) is 15.7. The average molecular weight is 432 g/mol. The van der Waals surface area contributed by atoms with E-state index in [1.165, 1.54) is 12.1 Å². The third-order valence-corrected chi connectivity index (χ3v) is 6.30. The molecule has 1 saturated heterocycles. The Hall–Kier alpha value is -3.48. The zero-order chi connectivity index (χ0) is 22.0. The average Bonchev–Trinajstić information content (AvgIpc) is 2.80. The number of amides is 1. The number of benzene rings is 2. The first kappa shape index (κ1) is 20.4. The van der Waals surface area contributed by atoms with Crippen LogP contribution in [0.1, 0.15) is 36.4 Å². The molecule has 1 amide bonds. The maximum Gasteiger partial charge on any atom is 0.225 e. The highest BCUT2D eigenvalue weighted by Gasteiger charge is 2.44. The van der Waals surface area contributed by atoms with E-state index in [1.54, 1.807) is 24.5 Å². The van der Waals surface area contributed by atoms with E-state index in [9.17, 15) is 9.18 Å². The van der Waals surface area contributed by atoms with Gasteiger partial charge in [0.2, 0.25) is 11.9 Å². The number of hydrogen-bond acceptors (Lipinski definition) is 5. The highest BCUT2D eigenvalue weighted by Crippen LogP contribution is 2.44. The third kappa shape index (κ3) is 4.28. The van der Waals surface area contributed by atoms with Crippen molar-refractivity contribution < 1.29 is 13.9 Å². The zero-order valence-electron chi connectivity index (χ0n) is 17.7. The van der Waals surface area contributed by atoms with Gasteiger partial charge >= 0.3 is 0 Å². The fraction of sp³-hybridized carbons (Fsp3) is 0.320. The summed E-state index contributed by atoms with van der Waals surface area (Å²) in [6.07, 6.45) is 5.98. The number of piperidine rings is 1. The van der Waals surface area contributed by atoms with Gasteiger partial charge in [-0.25, -0.2) is 14.4 Å². The van der Waals surface area contributed by atoms with Crippen LogP contribution in [0.15, 0.2) is 67.0 Å². The van der Waals surface area contributed by atoms with E-state index in [1.807, 2.05) is 30.3 Å². The Morgan fingerprint density at radius 3 is 2.66 bits per heavy atom. The molecule has 1 fully saturated rings. The molecular formula is C25H25FN4O2. The topological polar surface area (TPSA) is 67.4 Å². The van der Waals surface area contributed by atoms with Gasteiger partial charge in [-0.1, -0.05) is 30.3 Å². The summed E-state index contributed by atoms with van der Waals surface area (Å²) in [5.41, 5.74) is 1.30.